The Kier molecular flexibility index (Phi) is 10.3. The second-order valence-corrected chi connectivity index (χ2v) is 9.89. The molecule has 34 heavy (non-hydrogen) atoms. The fourth-order valence-electron chi connectivity index (χ4n) is 3.71. The Bertz CT molecular complexity index is 1050. The van der Waals surface area contributed by atoms with Crippen molar-refractivity contribution in [1.29, 1.82) is 5.26 Å². The molecule has 0 aliphatic carbocycles. The van der Waals surface area contributed by atoms with Gasteiger partial charge in [0.1, 0.15) is 5.75 Å². The van der Waals surface area contributed by atoms with Gasteiger partial charge in [0.2, 0.25) is 10.0 Å². The van der Waals surface area contributed by atoms with E-state index >= 15 is 0 Å². The van der Waals surface area contributed by atoms with Crippen LogP contribution in [0.15, 0.2) is 59.5 Å². The van der Waals surface area contributed by atoms with Crippen molar-refractivity contribution in [1.82, 2.24) is 10.0 Å². The van der Waals surface area contributed by atoms with Gasteiger partial charge in [-0.05, 0) is 55.0 Å². The van der Waals surface area contributed by atoms with Crippen molar-refractivity contribution in [2.45, 2.75) is 55.7 Å². The van der Waals surface area contributed by atoms with Crippen LogP contribution in [0, 0.1) is 17.2 Å². The Morgan fingerprint density at radius 1 is 1.12 bits per heavy atom. The lowest BCUT2D eigenvalue weighted by atomic mass is 9.90. The van der Waals surface area contributed by atoms with E-state index in [1.54, 1.807) is 24.3 Å². The summed E-state index contributed by atoms with van der Waals surface area (Å²) in [5.41, 5.74) is 0.787. The molecule has 4 atom stereocenters. The minimum absolute atomic E-state index is 0.0130. The predicted molar refractivity (Wildman–Crippen MR) is 127 cm³/mol. The third-order valence-corrected chi connectivity index (χ3v) is 7.02. The first-order valence-electron chi connectivity index (χ1n) is 10.9. The minimum atomic E-state index is -4.04. The van der Waals surface area contributed by atoms with Gasteiger partial charge in [-0.25, -0.2) is 17.9 Å². The zero-order valence-corrected chi connectivity index (χ0v) is 20.0. The molecule has 0 fully saturated rings. The highest BCUT2D eigenvalue weighted by Gasteiger charge is 2.33. The van der Waals surface area contributed by atoms with Gasteiger partial charge in [0.25, 0.3) is 0 Å². The van der Waals surface area contributed by atoms with E-state index in [1.165, 1.54) is 31.4 Å². The van der Waals surface area contributed by atoms with E-state index in [0.717, 1.165) is 5.56 Å². The van der Waals surface area contributed by atoms with Crippen LogP contribution >= 0.6 is 0 Å². The van der Waals surface area contributed by atoms with Gasteiger partial charge in [0.15, 0.2) is 0 Å². The average molecular weight is 490 g/mol. The smallest absolute Gasteiger partial charge is 0.404 e. The number of hydrogen-bond donors (Lipinski definition) is 4. The van der Waals surface area contributed by atoms with Crippen molar-refractivity contribution in [3.05, 3.63) is 60.2 Å². The molecule has 0 heterocycles. The lowest BCUT2D eigenvalue weighted by Gasteiger charge is -2.32. The number of aliphatic hydroxyl groups is 1. The SMILES string of the molecule is COc1ccc(S(=O)(=O)NC(CC(C)CCC#N)[C@H](O)[C@H](Cc2ccccc2)NC(=O)O)cc1. The molecule has 4 N–H and O–H groups in total. The molecule has 2 unspecified atom stereocenters. The summed E-state index contributed by atoms with van der Waals surface area (Å²) in [6, 6.07) is 14.9. The molecule has 0 spiro atoms. The summed E-state index contributed by atoms with van der Waals surface area (Å²) in [6.45, 7) is 1.86. The summed E-state index contributed by atoms with van der Waals surface area (Å²) in [5.74, 6) is 0.398. The van der Waals surface area contributed by atoms with Crippen molar-refractivity contribution < 1.29 is 28.2 Å². The van der Waals surface area contributed by atoms with Crippen LogP contribution in [0.25, 0.3) is 0 Å². The van der Waals surface area contributed by atoms with Crippen LogP contribution in [-0.2, 0) is 16.4 Å². The Labute approximate surface area is 200 Å². The van der Waals surface area contributed by atoms with Gasteiger partial charge in [-0.15, -0.1) is 0 Å². The number of rotatable bonds is 13. The largest absolute Gasteiger partial charge is 0.497 e. The number of aliphatic hydroxyl groups excluding tert-OH is 1. The molecule has 2 rings (SSSR count). The summed E-state index contributed by atoms with van der Waals surface area (Å²) in [4.78, 5) is 11.4. The first-order chi connectivity index (χ1) is 16.2. The first-order valence-corrected chi connectivity index (χ1v) is 12.4. The maximum absolute atomic E-state index is 13.1. The third kappa shape index (κ3) is 8.33. The second-order valence-electron chi connectivity index (χ2n) is 8.18. The molecular formula is C24H31N3O6S. The molecule has 2 aromatic carbocycles. The van der Waals surface area contributed by atoms with Gasteiger partial charge in [-0.2, -0.15) is 5.26 Å². The van der Waals surface area contributed by atoms with Crippen LogP contribution < -0.4 is 14.8 Å². The van der Waals surface area contributed by atoms with Crippen LogP contribution in [0.5, 0.6) is 5.75 Å². The fourth-order valence-corrected chi connectivity index (χ4v) is 4.97. The summed E-state index contributed by atoms with van der Waals surface area (Å²) >= 11 is 0. The van der Waals surface area contributed by atoms with Gasteiger partial charge in [-0.1, -0.05) is 37.3 Å². The molecule has 0 bridgehead atoms. The number of ether oxygens (including phenoxy) is 1. The van der Waals surface area contributed by atoms with Crippen molar-refractivity contribution in [3.63, 3.8) is 0 Å². The fraction of sp³-hybridized carbons (Fsp3) is 0.417. The Morgan fingerprint density at radius 2 is 1.76 bits per heavy atom. The van der Waals surface area contributed by atoms with Gasteiger partial charge >= 0.3 is 6.09 Å². The first kappa shape index (κ1) is 27.1. The topological polar surface area (TPSA) is 149 Å². The third-order valence-electron chi connectivity index (χ3n) is 5.51. The van der Waals surface area contributed by atoms with E-state index < -0.39 is 34.3 Å². The van der Waals surface area contributed by atoms with Crippen molar-refractivity contribution >= 4 is 16.1 Å². The summed E-state index contributed by atoms with van der Waals surface area (Å²) in [5, 5.41) is 31.8. The maximum atomic E-state index is 13.1. The predicted octanol–water partition coefficient (Wildman–Crippen LogP) is 2.91. The lowest BCUT2D eigenvalue weighted by molar-refractivity contribution is 0.0828. The number of carbonyl (C=O) groups is 1. The lowest BCUT2D eigenvalue weighted by Crippen LogP contribution is -2.55. The molecule has 0 saturated carbocycles. The molecule has 9 nitrogen and oxygen atoms in total. The zero-order chi connectivity index (χ0) is 25.1. The molecule has 184 valence electrons. The van der Waals surface area contributed by atoms with Gasteiger partial charge in [0.05, 0.1) is 36.3 Å². The van der Waals surface area contributed by atoms with Gasteiger partial charge < -0.3 is 20.3 Å². The number of nitriles is 1. The second kappa shape index (κ2) is 12.9. The number of carboxylic acid groups (broad SMARTS) is 1. The number of sulfonamides is 1. The normalized spacial score (nSPS) is 14.9. The van der Waals surface area contributed by atoms with Crippen LogP contribution in [0.4, 0.5) is 4.79 Å². The van der Waals surface area contributed by atoms with Gasteiger partial charge in [-0.3, -0.25) is 0 Å². The number of hydrogen-bond acceptors (Lipinski definition) is 6. The number of nitrogens with zero attached hydrogens (tertiary/aromatic N) is 1. The molecule has 0 radical (unpaired) electrons. The molecular weight excluding hydrogens is 458 g/mol. The van der Waals surface area contributed by atoms with E-state index in [9.17, 15) is 23.4 Å². The minimum Gasteiger partial charge on any atom is -0.497 e. The number of nitrogens with one attached hydrogen (secondary N) is 2. The molecule has 0 aliphatic rings. The standard InChI is InChI=1S/C24H31N3O6S/c1-17(7-6-14-25)15-22(27-34(31,32)20-12-10-19(33-2)11-13-20)23(28)21(26-24(29)30)16-18-8-4-3-5-9-18/h3-5,8-13,17,21-23,26-28H,6-7,15-16H2,1-2H3,(H,29,30)/t17?,21-,22?,23+/m0/s1. The molecule has 0 aromatic heterocycles. The van der Waals surface area contributed by atoms with Crippen LogP contribution in [0.2, 0.25) is 0 Å². The molecule has 1 amide bonds. The van der Waals surface area contributed by atoms with Gasteiger partial charge in [0, 0.05) is 6.42 Å². The Morgan fingerprint density at radius 3 is 2.32 bits per heavy atom. The van der Waals surface area contributed by atoms with Crippen LogP contribution in [0.3, 0.4) is 0 Å². The highest BCUT2D eigenvalue weighted by atomic mass is 32.2. The number of amides is 1. The summed E-state index contributed by atoms with van der Waals surface area (Å²) < 4.78 is 33.8. The van der Waals surface area contributed by atoms with Crippen molar-refractivity contribution in [3.8, 4) is 11.8 Å². The highest BCUT2D eigenvalue weighted by Crippen LogP contribution is 2.21. The number of benzene rings is 2. The molecule has 2 aromatic rings. The summed E-state index contributed by atoms with van der Waals surface area (Å²) in [7, 11) is -2.56. The molecule has 0 saturated heterocycles. The van der Waals surface area contributed by atoms with E-state index in [0.29, 0.717) is 12.2 Å². The number of methoxy groups -OCH3 is 1. The van der Waals surface area contributed by atoms with E-state index in [1.807, 2.05) is 13.0 Å². The van der Waals surface area contributed by atoms with Crippen LogP contribution in [-0.4, -0.2) is 50.0 Å². The van der Waals surface area contributed by atoms with E-state index in [-0.39, 0.29) is 30.1 Å². The average Bonchev–Trinajstić information content (AvgIpc) is 2.81. The van der Waals surface area contributed by atoms with Crippen LogP contribution in [0.1, 0.15) is 31.7 Å². The van der Waals surface area contributed by atoms with E-state index in [4.69, 9.17) is 10.00 Å². The Balaban J connectivity index is 2.33. The molecule has 10 heteroatoms. The zero-order valence-electron chi connectivity index (χ0n) is 19.2. The van der Waals surface area contributed by atoms with Crippen molar-refractivity contribution in [2.75, 3.05) is 7.11 Å². The highest BCUT2D eigenvalue weighted by molar-refractivity contribution is 7.89. The monoisotopic (exact) mass is 489 g/mol. The quantitative estimate of drug-likeness (QED) is 0.338. The Hall–Kier alpha value is -3.13. The van der Waals surface area contributed by atoms with Crippen molar-refractivity contribution in [2.24, 2.45) is 5.92 Å². The van der Waals surface area contributed by atoms with E-state index in [2.05, 4.69) is 16.1 Å². The molecule has 0 aliphatic heterocycles. The maximum Gasteiger partial charge on any atom is 0.404 e. The summed E-state index contributed by atoms with van der Waals surface area (Å²) in [6.07, 6.45) is -1.51.